The van der Waals surface area contributed by atoms with E-state index < -0.39 is 0 Å². The number of hydrogen-bond donors (Lipinski definition) is 0. The van der Waals surface area contributed by atoms with Crippen LogP contribution in [0.15, 0.2) is 73.1 Å². The number of benzene rings is 2. The maximum absolute atomic E-state index is 4.36. The largest absolute Gasteiger partial charge is 0.274 e. The monoisotopic (exact) mass is 337 g/mol. The number of pyridine rings is 1. The van der Waals surface area contributed by atoms with Gasteiger partial charge in [0.15, 0.2) is 5.52 Å². The van der Waals surface area contributed by atoms with Gasteiger partial charge in [-0.05, 0) is 30.3 Å². The summed E-state index contributed by atoms with van der Waals surface area (Å²) in [5.41, 5.74) is 7.51. The highest BCUT2D eigenvalue weighted by Gasteiger charge is 2.35. The fraction of sp³-hybridized carbons (Fsp3) is 0.0909. The van der Waals surface area contributed by atoms with Crippen LogP contribution in [0, 0.1) is 0 Å². The molecule has 3 aromatic heterocycles. The van der Waals surface area contributed by atoms with Crippen LogP contribution in [-0.2, 0) is 13.6 Å². The predicted molar refractivity (Wildman–Crippen MR) is 102 cm³/mol. The fourth-order valence-electron chi connectivity index (χ4n) is 4.42. The molecule has 0 fully saturated rings. The minimum Gasteiger partial charge on any atom is -0.264 e. The van der Waals surface area contributed by atoms with Gasteiger partial charge in [-0.3, -0.25) is 4.98 Å². The van der Waals surface area contributed by atoms with Gasteiger partial charge in [-0.2, -0.15) is 0 Å². The van der Waals surface area contributed by atoms with E-state index >= 15 is 0 Å². The molecule has 4 nitrogen and oxygen atoms in total. The lowest BCUT2D eigenvalue weighted by Crippen LogP contribution is -2.31. The molecule has 0 bridgehead atoms. The fourth-order valence-corrected chi connectivity index (χ4v) is 4.42. The summed E-state index contributed by atoms with van der Waals surface area (Å²) >= 11 is 0. The Labute approximate surface area is 150 Å². The molecule has 26 heavy (non-hydrogen) atoms. The Balaban J connectivity index is 1.83. The Morgan fingerprint density at radius 2 is 1.77 bits per heavy atom. The Morgan fingerprint density at radius 3 is 2.65 bits per heavy atom. The number of para-hydroxylation sites is 2. The van der Waals surface area contributed by atoms with E-state index in [0.29, 0.717) is 0 Å². The van der Waals surface area contributed by atoms with Crippen LogP contribution < -0.4 is 4.57 Å². The highest BCUT2D eigenvalue weighted by atomic mass is 15.2. The molecule has 0 unspecified atom stereocenters. The topological polar surface area (TPSA) is 26.6 Å². The van der Waals surface area contributed by atoms with Crippen molar-refractivity contribution in [3.8, 4) is 17.1 Å². The van der Waals surface area contributed by atoms with Gasteiger partial charge >= 0.3 is 0 Å². The lowest BCUT2D eigenvalue weighted by Gasteiger charge is -2.03. The van der Waals surface area contributed by atoms with Crippen molar-refractivity contribution in [1.29, 1.82) is 0 Å². The average molecular weight is 337 g/mol. The molecular formula is C22H17N4+. The summed E-state index contributed by atoms with van der Waals surface area (Å²) in [6, 6.07) is 21.4. The normalized spacial score (nSPS) is 12.7. The Kier molecular flexibility index (Phi) is 2.57. The van der Waals surface area contributed by atoms with Crippen LogP contribution in [0.2, 0.25) is 0 Å². The van der Waals surface area contributed by atoms with Crippen molar-refractivity contribution in [3.63, 3.8) is 0 Å². The minimum atomic E-state index is 0.896. The third-order valence-corrected chi connectivity index (χ3v) is 5.48. The summed E-state index contributed by atoms with van der Waals surface area (Å²) in [6.07, 6.45) is 3.87. The maximum atomic E-state index is 4.36. The van der Waals surface area contributed by atoms with E-state index in [2.05, 4.69) is 86.4 Å². The molecule has 0 atom stereocenters. The molecule has 1 aliphatic rings. The van der Waals surface area contributed by atoms with Crippen LogP contribution in [-0.4, -0.2) is 14.1 Å². The molecule has 4 heteroatoms. The summed E-state index contributed by atoms with van der Waals surface area (Å²) in [4.78, 5) is 4.36. The van der Waals surface area contributed by atoms with Crippen molar-refractivity contribution >= 4 is 22.1 Å². The zero-order chi connectivity index (χ0) is 17.3. The summed E-state index contributed by atoms with van der Waals surface area (Å²) in [5.74, 6) is 1.23. The minimum absolute atomic E-state index is 0.896. The number of aryl methyl sites for hydroxylation is 1. The highest BCUT2D eigenvalue weighted by Crippen LogP contribution is 2.38. The van der Waals surface area contributed by atoms with Gasteiger partial charge < -0.3 is 0 Å². The molecule has 4 heterocycles. The summed E-state index contributed by atoms with van der Waals surface area (Å²) in [5, 5.41) is 1.29. The van der Waals surface area contributed by atoms with E-state index in [4.69, 9.17) is 0 Å². The number of aromatic nitrogens is 4. The predicted octanol–water partition coefficient (Wildman–Crippen LogP) is 3.83. The van der Waals surface area contributed by atoms with Gasteiger partial charge in [-0.15, -0.1) is 0 Å². The van der Waals surface area contributed by atoms with Gasteiger partial charge in [0.2, 0.25) is 5.82 Å². The standard InChI is InChI=1S/C22H17N4/c1-24-21-18-13-23-12-11-15(18)14-25(21)20-17-9-5-6-10-19(17)26(22(20)24)16-7-3-2-4-8-16/h2-13H,14H2,1H3/q+1. The molecule has 5 aromatic rings. The highest BCUT2D eigenvalue weighted by molar-refractivity contribution is 6.06. The molecule has 124 valence electrons. The Hall–Kier alpha value is -3.40. The first-order chi connectivity index (χ1) is 12.8. The van der Waals surface area contributed by atoms with E-state index in [1.165, 1.54) is 44.7 Å². The third kappa shape index (κ3) is 1.59. The second kappa shape index (κ2) is 4.82. The number of nitrogens with zero attached hydrogens (tertiary/aromatic N) is 4. The molecule has 1 aliphatic heterocycles. The molecule has 0 saturated carbocycles. The Bertz CT molecular complexity index is 1310. The van der Waals surface area contributed by atoms with Gasteiger partial charge in [-0.1, -0.05) is 30.3 Å². The van der Waals surface area contributed by atoms with Crippen molar-refractivity contribution in [1.82, 2.24) is 14.1 Å². The number of imidazole rings is 1. The van der Waals surface area contributed by atoms with Crippen LogP contribution in [0.1, 0.15) is 5.56 Å². The smallest absolute Gasteiger partial charge is 0.264 e. The van der Waals surface area contributed by atoms with Crippen LogP contribution in [0.25, 0.3) is 39.1 Å². The van der Waals surface area contributed by atoms with E-state index in [9.17, 15) is 0 Å². The van der Waals surface area contributed by atoms with Crippen LogP contribution in [0.3, 0.4) is 0 Å². The quantitative estimate of drug-likeness (QED) is 0.419. The molecule has 0 N–H and O–H groups in total. The molecule has 0 aliphatic carbocycles. The molecule has 0 amide bonds. The van der Waals surface area contributed by atoms with Crippen molar-refractivity contribution < 1.29 is 4.57 Å². The molecule has 0 saturated heterocycles. The van der Waals surface area contributed by atoms with Crippen molar-refractivity contribution in [2.24, 2.45) is 7.05 Å². The van der Waals surface area contributed by atoms with Crippen molar-refractivity contribution in [3.05, 3.63) is 78.6 Å². The van der Waals surface area contributed by atoms with Crippen molar-refractivity contribution in [2.75, 3.05) is 0 Å². The lowest BCUT2D eigenvalue weighted by molar-refractivity contribution is -0.636. The first-order valence-corrected chi connectivity index (χ1v) is 8.85. The van der Waals surface area contributed by atoms with E-state index in [0.717, 1.165) is 6.54 Å². The molecular weight excluding hydrogens is 320 g/mol. The van der Waals surface area contributed by atoms with E-state index in [1.807, 2.05) is 12.4 Å². The van der Waals surface area contributed by atoms with Gasteiger partial charge in [0.05, 0.1) is 24.5 Å². The van der Waals surface area contributed by atoms with Crippen LogP contribution >= 0.6 is 0 Å². The van der Waals surface area contributed by atoms with Gasteiger partial charge in [-0.25, -0.2) is 13.7 Å². The molecule has 0 spiro atoms. The summed E-state index contributed by atoms with van der Waals surface area (Å²) in [7, 11) is 2.16. The van der Waals surface area contributed by atoms with E-state index in [1.54, 1.807) is 0 Å². The first kappa shape index (κ1) is 13.8. The average Bonchev–Trinajstić information content (AvgIpc) is 3.31. The van der Waals surface area contributed by atoms with Gasteiger partial charge in [0.1, 0.15) is 11.2 Å². The van der Waals surface area contributed by atoms with Crippen LogP contribution in [0.5, 0.6) is 0 Å². The number of rotatable bonds is 1. The number of hydrogen-bond acceptors (Lipinski definition) is 1. The number of fused-ring (bicyclic) bond motifs is 7. The molecule has 0 radical (unpaired) electrons. The second-order valence-electron chi connectivity index (χ2n) is 6.86. The molecule has 6 rings (SSSR count). The summed E-state index contributed by atoms with van der Waals surface area (Å²) in [6.45, 7) is 0.896. The van der Waals surface area contributed by atoms with Crippen LogP contribution in [0.4, 0.5) is 0 Å². The van der Waals surface area contributed by atoms with Gasteiger partial charge in [0, 0.05) is 18.0 Å². The maximum Gasteiger partial charge on any atom is 0.274 e. The van der Waals surface area contributed by atoms with Crippen molar-refractivity contribution in [2.45, 2.75) is 6.54 Å². The van der Waals surface area contributed by atoms with E-state index in [-0.39, 0.29) is 0 Å². The first-order valence-electron chi connectivity index (χ1n) is 8.85. The third-order valence-electron chi connectivity index (χ3n) is 5.48. The zero-order valence-electron chi connectivity index (χ0n) is 14.4. The Morgan fingerprint density at radius 1 is 0.962 bits per heavy atom. The zero-order valence-corrected chi connectivity index (χ0v) is 14.4. The lowest BCUT2D eigenvalue weighted by atomic mass is 10.2. The molecule has 2 aromatic carbocycles. The van der Waals surface area contributed by atoms with Gasteiger partial charge in [0.25, 0.3) is 5.65 Å². The summed E-state index contributed by atoms with van der Waals surface area (Å²) < 4.78 is 7.12. The SMILES string of the molecule is C[n+]1c2n(c3c4ccccc4n(-c4ccccc4)c31)Cc1ccncc1-2. The second-order valence-corrected chi connectivity index (χ2v) is 6.86.